The summed E-state index contributed by atoms with van der Waals surface area (Å²) in [5.41, 5.74) is 0.844. The Hall–Kier alpha value is -2.01. The predicted octanol–water partition coefficient (Wildman–Crippen LogP) is 2.62. The molecule has 0 saturated carbocycles. The van der Waals surface area contributed by atoms with Crippen LogP contribution < -0.4 is 14.8 Å². The summed E-state index contributed by atoms with van der Waals surface area (Å²) in [4.78, 5) is 12.9. The van der Waals surface area contributed by atoms with Gasteiger partial charge in [-0.1, -0.05) is 12.1 Å². The second-order valence-corrected chi connectivity index (χ2v) is 5.21. The molecule has 20 heavy (non-hydrogen) atoms. The number of hydrogen-bond acceptors (Lipinski definition) is 4. The van der Waals surface area contributed by atoms with Crippen molar-refractivity contribution in [2.75, 3.05) is 14.2 Å². The lowest BCUT2D eigenvalue weighted by Gasteiger charge is -2.13. The minimum absolute atomic E-state index is 0.0135. The number of carbonyl (C=O) groups is 1. The van der Waals surface area contributed by atoms with Gasteiger partial charge in [0.15, 0.2) is 0 Å². The molecule has 0 atom stereocenters. The molecule has 0 fully saturated rings. The molecule has 1 amide bonds. The standard InChI is InChI=1S/C15H17NO3S/c1-18-13-6-3-7-14(19-2)12(13)10-16-15(17)9-11-5-4-8-20-11/h3-8H,9-10H2,1-2H3,(H,16,17). The zero-order valence-electron chi connectivity index (χ0n) is 11.5. The maximum absolute atomic E-state index is 11.9. The van der Waals surface area contributed by atoms with Crippen LogP contribution in [0.15, 0.2) is 35.7 Å². The molecule has 2 aromatic rings. The van der Waals surface area contributed by atoms with Gasteiger partial charge in [0.2, 0.25) is 5.91 Å². The largest absolute Gasteiger partial charge is 0.496 e. The van der Waals surface area contributed by atoms with Gasteiger partial charge in [0, 0.05) is 4.88 Å². The van der Waals surface area contributed by atoms with Gasteiger partial charge >= 0.3 is 0 Å². The van der Waals surface area contributed by atoms with Crippen LogP contribution >= 0.6 is 11.3 Å². The van der Waals surface area contributed by atoms with E-state index in [1.54, 1.807) is 25.6 Å². The lowest BCUT2D eigenvalue weighted by atomic mass is 10.1. The molecule has 2 rings (SSSR count). The van der Waals surface area contributed by atoms with E-state index in [0.717, 1.165) is 10.4 Å². The fourth-order valence-electron chi connectivity index (χ4n) is 1.92. The smallest absolute Gasteiger partial charge is 0.225 e. The van der Waals surface area contributed by atoms with E-state index in [4.69, 9.17) is 9.47 Å². The normalized spacial score (nSPS) is 10.1. The number of amides is 1. The van der Waals surface area contributed by atoms with Crippen LogP contribution in [-0.2, 0) is 17.8 Å². The Bertz CT molecular complexity index is 544. The maximum atomic E-state index is 11.9. The van der Waals surface area contributed by atoms with Crippen LogP contribution in [-0.4, -0.2) is 20.1 Å². The summed E-state index contributed by atoms with van der Waals surface area (Å²) in [6.07, 6.45) is 0.398. The number of nitrogens with one attached hydrogen (secondary N) is 1. The molecule has 0 aliphatic rings. The summed E-state index contributed by atoms with van der Waals surface area (Å²) in [6.45, 7) is 0.386. The second kappa shape index (κ2) is 6.96. The summed E-state index contributed by atoms with van der Waals surface area (Å²) in [6, 6.07) is 9.45. The molecule has 1 aromatic heterocycles. The Morgan fingerprint density at radius 3 is 2.40 bits per heavy atom. The molecular formula is C15H17NO3S. The maximum Gasteiger partial charge on any atom is 0.225 e. The number of rotatable bonds is 6. The minimum atomic E-state index is -0.0135. The van der Waals surface area contributed by atoms with Crippen molar-refractivity contribution in [1.29, 1.82) is 0 Å². The van der Waals surface area contributed by atoms with Crippen LogP contribution in [0.3, 0.4) is 0 Å². The molecule has 0 aliphatic heterocycles. The molecule has 1 N–H and O–H groups in total. The van der Waals surface area contributed by atoms with Crippen LogP contribution in [0.1, 0.15) is 10.4 Å². The number of benzene rings is 1. The third-order valence-electron chi connectivity index (χ3n) is 2.91. The molecule has 0 aliphatic carbocycles. The van der Waals surface area contributed by atoms with E-state index in [0.29, 0.717) is 24.5 Å². The molecule has 0 bridgehead atoms. The van der Waals surface area contributed by atoms with Crippen LogP contribution in [0.25, 0.3) is 0 Å². The average Bonchev–Trinajstić information content (AvgIpc) is 2.97. The van der Waals surface area contributed by atoms with Crippen molar-refractivity contribution in [2.45, 2.75) is 13.0 Å². The molecule has 0 spiro atoms. The molecule has 0 unspecified atom stereocenters. The van der Waals surface area contributed by atoms with Gasteiger partial charge < -0.3 is 14.8 Å². The second-order valence-electron chi connectivity index (χ2n) is 4.17. The fourth-order valence-corrected chi connectivity index (χ4v) is 2.63. The molecule has 0 saturated heterocycles. The molecule has 1 heterocycles. The highest BCUT2D eigenvalue weighted by Crippen LogP contribution is 2.27. The quantitative estimate of drug-likeness (QED) is 0.890. The third-order valence-corrected chi connectivity index (χ3v) is 3.78. The summed E-state index contributed by atoms with van der Waals surface area (Å²) >= 11 is 1.58. The highest BCUT2D eigenvalue weighted by Gasteiger charge is 2.11. The van der Waals surface area contributed by atoms with E-state index in [-0.39, 0.29) is 5.91 Å². The molecule has 0 radical (unpaired) electrons. The Kier molecular flexibility index (Phi) is 5.01. The number of thiophene rings is 1. The van der Waals surface area contributed by atoms with Crippen molar-refractivity contribution >= 4 is 17.2 Å². The van der Waals surface area contributed by atoms with Gasteiger partial charge in [-0.25, -0.2) is 0 Å². The van der Waals surface area contributed by atoms with Gasteiger partial charge in [-0.05, 0) is 23.6 Å². The summed E-state index contributed by atoms with van der Waals surface area (Å²) in [5.74, 6) is 1.40. The van der Waals surface area contributed by atoms with Gasteiger partial charge in [0.1, 0.15) is 11.5 Å². The van der Waals surface area contributed by atoms with Crippen LogP contribution in [0.5, 0.6) is 11.5 Å². The number of carbonyl (C=O) groups excluding carboxylic acids is 1. The first kappa shape index (κ1) is 14.4. The molecule has 4 nitrogen and oxygen atoms in total. The van der Waals surface area contributed by atoms with Crippen LogP contribution in [0, 0.1) is 0 Å². The summed E-state index contributed by atoms with van der Waals surface area (Å²) < 4.78 is 10.6. The average molecular weight is 291 g/mol. The Labute approximate surface area is 122 Å². The monoisotopic (exact) mass is 291 g/mol. The van der Waals surface area contributed by atoms with Crippen molar-refractivity contribution in [3.63, 3.8) is 0 Å². The zero-order chi connectivity index (χ0) is 14.4. The third kappa shape index (κ3) is 3.51. The van der Waals surface area contributed by atoms with Gasteiger partial charge in [-0.3, -0.25) is 4.79 Å². The number of methoxy groups -OCH3 is 2. The first-order chi connectivity index (χ1) is 9.74. The molecular weight excluding hydrogens is 274 g/mol. The van der Waals surface area contributed by atoms with Gasteiger partial charge in [0.05, 0.1) is 32.7 Å². The molecule has 5 heteroatoms. The first-order valence-electron chi connectivity index (χ1n) is 6.23. The summed E-state index contributed by atoms with van der Waals surface area (Å²) in [7, 11) is 3.21. The van der Waals surface area contributed by atoms with Crippen molar-refractivity contribution in [3.8, 4) is 11.5 Å². The SMILES string of the molecule is COc1cccc(OC)c1CNC(=O)Cc1cccs1. The first-order valence-corrected chi connectivity index (χ1v) is 7.11. The van der Waals surface area contributed by atoms with Crippen molar-refractivity contribution < 1.29 is 14.3 Å². The Balaban J connectivity index is 2.01. The highest BCUT2D eigenvalue weighted by atomic mass is 32.1. The fraction of sp³-hybridized carbons (Fsp3) is 0.267. The zero-order valence-corrected chi connectivity index (χ0v) is 12.3. The van der Waals surface area contributed by atoms with E-state index in [2.05, 4.69) is 5.32 Å². The van der Waals surface area contributed by atoms with Crippen LogP contribution in [0.4, 0.5) is 0 Å². The molecule has 106 valence electrons. The van der Waals surface area contributed by atoms with Gasteiger partial charge in [-0.2, -0.15) is 0 Å². The summed E-state index contributed by atoms with van der Waals surface area (Å²) in [5, 5.41) is 4.86. The van der Waals surface area contributed by atoms with Crippen molar-refractivity contribution in [2.24, 2.45) is 0 Å². The molecule has 1 aromatic carbocycles. The van der Waals surface area contributed by atoms with Crippen molar-refractivity contribution in [3.05, 3.63) is 46.2 Å². The van der Waals surface area contributed by atoms with E-state index in [1.165, 1.54) is 0 Å². The van der Waals surface area contributed by atoms with E-state index >= 15 is 0 Å². The number of hydrogen-bond donors (Lipinski definition) is 1. The highest BCUT2D eigenvalue weighted by molar-refractivity contribution is 7.10. The van der Waals surface area contributed by atoms with E-state index in [1.807, 2.05) is 35.7 Å². The Morgan fingerprint density at radius 2 is 1.85 bits per heavy atom. The van der Waals surface area contributed by atoms with E-state index < -0.39 is 0 Å². The topological polar surface area (TPSA) is 47.6 Å². The van der Waals surface area contributed by atoms with Gasteiger partial charge in [-0.15, -0.1) is 11.3 Å². The lowest BCUT2D eigenvalue weighted by molar-refractivity contribution is -0.120. The van der Waals surface area contributed by atoms with Crippen molar-refractivity contribution in [1.82, 2.24) is 5.32 Å². The van der Waals surface area contributed by atoms with Gasteiger partial charge in [0.25, 0.3) is 0 Å². The predicted molar refractivity (Wildman–Crippen MR) is 79.4 cm³/mol. The van der Waals surface area contributed by atoms with E-state index in [9.17, 15) is 4.79 Å². The Morgan fingerprint density at radius 1 is 1.15 bits per heavy atom. The number of ether oxygens (including phenoxy) is 2. The minimum Gasteiger partial charge on any atom is -0.496 e. The van der Waals surface area contributed by atoms with Crippen LogP contribution in [0.2, 0.25) is 0 Å². The lowest BCUT2D eigenvalue weighted by Crippen LogP contribution is -2.24.